The van der Waals surface area contributed by atoms with Crippen molar-refractivity contribution in [1.29, 1.82) is 0 Å². The van der Waals surface area contributed by atoms with Crippen LogP contribution in [0.15, 0.2) is 48.5 Å². The van der Waals surface area contributed by atoms with Gasteiger partial charge in [0, 0.05) is 32.2 Å². The molecular formula is C24H30ClN3O4. The third kappa shape index (κ3) is 4.20. The van der Waals surface area contributed by atoms with E-state index in [1.54, 1.807) is 6.07 Å². The second-order valence-corrected chi connectivity index (χ2v) is 8.16. The van der Waals surface area contributed by atoms with Crippen LogP contribution < -0.4 is 10.5 Å². The van der Waals surface area contributed by atoms with Crippen molar-refractivity contribution in [2.75, 3.05) is 39.9 Å². The number of likely N-dealkylation sites (N-methyl/N-ethyl adjacent to an activating group) is 1. The highest BCUT2D eigenvalue weighted by Crippen LogP contribution is 2.42. The molecule has 32 heavy (non-hydrogen) atoms. The second kappa shape index (κ2) is 9.90. The Morgan fingerprint density at radius 2 is 2.00 bits per heavy atom. The first kappa shape index (κ1) is 24.0. The Kier molecular flexibility index (Phi) is 7.44. The zero-order chi connectivity index (χ0) is 22.0. The number of piperidine rings is 1. The molecule has 0 spiro atoms. The summed E-state index contributed by atoms with van der Waals surface area (Å²) >= 11 is 0. The number of carbonyl (C=O) groups excluding carboxylic acids is 2. The van der Waals surface area contributed by atoms with Gasteiger partial charge in [0.05, 0.1) is 5.54 Å². The van der Waals surface area contributed by atoms with Gasteiger partial charge in [0.2, 0.25) is 5.91 Å². The SMILES string of the molecule is Cc1ccc(C(=O)N2CC[C@]3(c4ccccc4)[C@@H](C2)OCC(=O)N3C)cc1OCCN.Cl. The first-order valence-corrected chi connectivity index (χ1v) is 10.6. The van der Waals surface area contributed by atoms with Crippen LogP contribution in [-0.4, -0.2) is 67.6 Å². The summed E-state index contributed by atoms with van der Waals surface area (Å²) in [5, 5.41) is 0. The van der Waals surface area contributed by atoms with Crippen LogP contribution in [0.2, 0.25) is 0 Å². The maximum Gasteiger partial charge on any atom is 0.254 e. The molecule has 2 heterocycles. The maximum atomic E-state index is 13.3. The van der Waals surface area contributed by atoms with Gasteiger partial charge in [0.25, 0.3) is 5.91 Å². The fourth-order valence-corrected chi connectivity index (χ4v) is 4.65. The van der Waals surface area contributed by atoms with Crippen molar-refractivity contribution in [3.05, 3.63) is 65.2 Å². The number of carbonyl (C=O) groups is 2. The number of amides is 2. The van der Waals surface area contributed by atoms with Gasteiger partial charge in [-0.1, -0.05) is 36.4 Å². The summed E-state index contributed by atoms with van der Waals surface area (Å²) in [4.78, 5) is 29.4. The molecule has 2 saturated heterocycles. The molecule has 2 amide bonds. The summed E-state index contributed by atoms with van der Waals surface area (Å²) in [6, 6.07) is 15.5. The minimum Gasteiger partial charge on any atom is -0.492 e. The van der Waals surface area contributed by atoms with Crippen LogP contribution in [0.1, 0.15) is 27.9 Å². The number of nitrogens with zero attached hydrogens (tertiary/aromatic N) is 2. The molecule has 172 valence electrons. The molecule has 2 aromatic carbocycles. The number of likely N-dealkylation sites (tertiary alicyclic amines) is 1. The molecule has 0 radical (unpaired) electrons. The van der Waals surface area contributed by atoms with E-state index < -0.39 is 5.54 Å². The molecule has 2 aliphatic heterocycles. The second-order valence-electron chi connectivity index (χ2n) is 8.16. The number of nitrogens with two attached hydrogens (primary N) is 1. The van der Waals surface area contributed by atoms with Crippen LogP contribution in [0, 0.1) is 6.92 Å². The summed E-state index contributed by atoms with van der Waals surface area (Å²) in [5.74, 6) is 0.564. The van der Waals surface area contributed by atoms with Crippen LogP contribution in [0.3, 0.4) is 0 Å². The molecule has 0 saturated carbocycles. The van der Waals surface area contributed by atoms with Gasteiger partial charge in [-0.05, 0) is 36.6 Å². The Balaban J connectivity index is 0.00000289. The molecule has 0 unspecified atom stereocenters. The minimum absolute atomic E-state index is 0. The first-order valence-electron chi connectivity index (χ1n) is 10.6. The van der Waals surface area contributed by atoms with Gasteiger partial charge in [0.15, 0.2) is 0 Å². The fourth-order valence-electron chi connectivity index (χ4n) is 4.65. The summed E-state index contributed by atoms with van der Waals surface area (Å²) in [7, 11) is 1.84. The fraction of sp³-hybridized carbons (Fsp3) is 0.417. The Morgan fingerprint density at radius 3 is 2.72 bits per heavy atom. The van der Waals surface area contributed by atoms with E-state index >= 15 is 0 Å². The molecule has 2 aliphatic rings. The van der Waals surface area contributed by atoms with Crippen LogP contribution in [0.5, 0.6) is 5.75 Å². The quantitative estimate of drug-likeness (QED) is 0.741. The van der Waals surface area contributed by atoms with E-state index in [9.17, 15) is 9.59 Å². The van der Waals surface area contributed by atoms with Gasteiger partial charge in [0.1, 0.15) is 25.1 Å². The highest BCUT2D eigenvalue weighted by atomic mass is 35.5. The van der Waals surface area contributed by atoms with Crippen LogP contribution in [0.4, 0.5) is 0 Å². The molecule has 0 aliphatic carbocycles. The molecule has 2 atom stereocenters. The van der Waals surface area contributed by atoms with Crippen LogP contribution in [0.25, 0.3) is 0 Å². The molecule has 0 bridgehead atoms. The third-order valence-corrected chi connectivity index (χ3v) is 6.43. The largest absolute Gasteiger partial charge is 0.492 e. The first-order chi connectivity index (χ1) is 15.0. The Morgan fingerprint density at radius 1 is 1.25 bits per heavy atom. The van der Waals surface area contributed by atoms with Crippen molar-refractivity contribution >= 4 is 24.2 Å². The van der Waals surface area contributed by atoms with Crippen LogP contribution >= 0.6 is 12.4 Å². The van der Waals surface area contributed by atoms with Crippen LogP contribution in [-0.2, 0) is 15.1 Å². The molecule has 2 aromatic rings. The van der Waals surface area contributed by atoms with E-state index in [0.717, 1.165) is 11.1 Å². The van der Waals surface area contributed by atoms with E-state index in [2.05, 4.69) is 0 Å². The molecule has 4 rings (SSSR count). The lowest BCUT2D eigenvalue weighted by Gasteiger charge is -2.54. The molecular weight excluding hydrogens is 430 g/mol. The smallest absolute Gasteiger partial charge is 0.254 e. The summed E-state index contributed by atoms with van der Waals surface area (Å²) < 4.78 is 11.7. The Bertz CT molecular complexity index is 971. The van der Waals surface area contributed by atoms with Gasteiger partial charge in [-0.15, -0.1) is 12.4 Å². The van der Waals surface area contributed by atoms with E-state index in [0.29, 0.717) is 44.0 Å². The third-order valence-electron chi connectivity index (χ3n) is 6.43. The van der Waals surface area contributed by atoms with Crippen molar-refractivity contribution in [3.63, 3.8) is 0 Å². The van der Waals surface area contributed by atoms with Gasteiger partial charge in [-0.25, -0.2) is 0 Å². The van der Waals surface area contributed by atoms with Crippen molar-refractivity contribution in [1.82, 2.24) is 9.80 Å². The lowest BCUT2D eigenvalue weighted by atomic mass is 9.76. The van der Waals surface area contributed by atoms with Crippen molar-refractivity contribution in [3.8, 4) is 5.75 Å². The molecule has 2 N–H and O–H groups in total. The number of fused-ring (bicyclic) bond motifs is 1. The van der Waals surface area contributed by atoms with E-state index in [1.165, 1.54) is 0 Å². The van der Waals surface area contributed by atoms with Crippen molar-refractivity contribution in [2.24, 2.45) is 5.73 Å². The highest BCUT2D eigenvalue weighted by Gasteiger charge is 2.53. The lowest BCUT2D eigenvalue weighted by Crippen LogP contribution is -2.67. The van der Waals surface area contributed by atoms with E-state index in [-0.39, 0.29) is 36.9 Å². The normalized spacial score (nSPS) is 22.7. The molecule has 2 fully saturated rings. The number of halogens is 1. The average Bonchev–Trinajstić information content (AvgIpc) is 2.81. The van der Waals surface area contributed by atoms with Gasteiger partial charge >= 0.3 is 0 Å². The number of benzene rings is 2. The zero-order valence-electron chi connectivity index (χ0n) is 18.5. The highest BCUT2D eigenvalue weighted by molar-refractivity contribution is 5.95. The monoisotopic (exact) mass is 459 g/mol. The predicted molar refractivity (Wildman–Crippen MR) is 124 cm³/mol. The number of ether oxygens (including phenoxy) is 2. The van der Waals surface area contributed by atoms with Crippen molar-refractivity contribution in [2.45, 2.75) is 25.0 Å². The average molecular weight is 460 g/mol. The summed E-state index contributed by atoms with van der Waals surface area (Å²) in [5.41, 5.74) is 7.54. The Labute approximate surface area is 194 Å². The van der Waals surface area contributed by atoms with Gasteiger partial charge < -0.3 is 25.0 Å². The van der Waals surface area contributed by atoms with E-state index in [4.69, 9.17) is 15.2 Å². The van der Waals surface area contributed by atoms with Gasteiger partial charge in [-0.3, -0.25) is 9.59 Å². The zero-order valence-corrected chi connectivity index (χ0v) is 19.3. The number of morpholine rings is 1. The summed E-state index contributed by atoms with van der Waals surface area (Å²) in [6.45, 7) is 3.72. The number of hydrogen-bond acceptors (Lipinski definition) is 5. The molecule has 8 heteroatoms. The number of rotatable bonds is 5. The molecule has 0 aromatic heterocycles. The molecule has 7 nitrogen and oxygen atoms in total. The van der Waals surface area contributed by atoms with E-state index in [1.807, 2.05) is 66.2 Å². The predicted octanol–water partition coefficient (Wildman–Crippen LogP) is 2.35. The number of aryl methyl sites for hydroxylation is 1. The topological polar surface area (TPSA) is 85.1 Å². The van der Waals surface area contributed by atoms with Crippen molar-refractivity contribution < 1.29 is 19.1 Å². The lowest BCUT2D eigenvalue weighted by molar-refractivity contribution is -0.180. The summed E-state index contributed by atoms with van der Waals surface area (Å²) in [6.07, 6.45) is 0.312. The van der Waals surface area contributed by atoms with Gasteiger partial charge in [-0.2, -0.15) is 0 Å². The minimum atomic E-state index is -0.573. The Hall–Kier alpha value is -2.61. The number of hydrogen-bond donors (Lipinski definition) is 1. The maximum absolute atomic E-state index is 13.3. The standard InChI is InChI=1S/C24H29N3O4.ClH/c1-17-8-9-18(14-20(17)30-13-11-25)23(29)27-12-10-24(19-6-4-3-5-7-19)21(15-27)31-16-22(28)26(24)2;/h3-9,14,21H,10-13,15-16,25H2,1-2H3;1H/t21-,24+;/m1./s1.